The Balaban J connectivity index is 0.00000264. The minimum atomic E-state index is 0. The average molecular weight is 340 g/mol. The van der Waals surface area contributed by atoms with Crippen molar-refractivity contribution in [3.05, 3.63) is 35.9 Å². The molecule has 0 bridgehead atoms. The molecule has 1 heterocycles. The van der Waals surface area contributed by atoms with E-state index in [-0.39, 0.29) is 18.4 Å². The van der Waals surface area contributed by atoms with Crippen LogP contribution >= 0.6 is 12.4 Å². The second kappa shape index (κ2) is 10.5. The summed E-state index contributed by atoms with van der Waals surface area (Å²) in [5.74, 6) is 0. The summed E-state index contributed by atoms with van der Waals surface area (Å²) in [6.45, 7) is 6.06. The van der Waals surface area contributed by atoms with Crippen LogP contribution in [0.5, 0.6) is 0 Å². The van der Waals surface area contributed by atoms with Crippen molar-refractivity contribution in [1.82, 2.24) is 15.1 Å². The van der Waals surface area contributed by atoms with Crippen LogP contribution < -0.4 is 5.32 Å². The number of urea groups is 1. The molecule has 0 aromatic heterocycles. The summed E-state index contributed by atoms with van der Waals surface area (Å²) >= 11 is 0. The van der Waals surface area contributed by atoms with E-state index < -0.39 is 0 Å². The zero-order valence-corrected chi connectivity index (χ0v) is 15.1. The van der Waals surface area contributed by atoms with E-state index >= 15 is 0 Å². The van der Waals surface area contributed by atoms with Crippen LogP contribution in [-0.2, 0) is 6.54 Å². The highest BCUT2D eigenvalue weighted by Crippen LogP contribution is 2.17. The smallest absolute Gasteiger partial charge is 0.317 e. The first-order valence-electron chi connectivity index (χ1n) is 8.47. The van der Waals surface area contributed by atoms with Crippen LogP contribution in [0.3, 0.4) is 0 Å². The lowest BCUT2D eigenvalue weighted by atomic mass is 10.0. The number of hydrogen-bond acceptors (Lipinski definition) is 2. The monoisotopic (exact) mass is 339 g/mol. The molecule has 0 atom stereocenters. The summed E-state index contributed by atoms with van der Waals surface area (Å²) in [5.41, 5.74) is 1.37. The first kappa shape index (κ1) is 19.8. The van der Waals surface area contributed by atoms with Gasteiger partial charge < -0.3 is 10.2 Å². The molecule has 1 N–H and O–H groups in total. The molecule has 0 spiro atoms. The van der Waals surface area contributed by atoms with Crippen molar-refractivity contribution >= 4 is 18.4 Å². The molecular formula is C18H30ClN3O. The summed E-state index contributed by atoms with van der Waals surface area (Å²) in [6, 6.07) is 11.1. The van der Waals surface area contributed by atoms with Crippen LogP contribution in [0, 0.1) is 0 Å². The molecule has 0 unspecified atom stereocenters. The van der Waals surface area contributed by atoms with E-state index in [4.69, 9.17) is 0 Å². The van der Waals surface area contributed by atoms with Gasteiger partial charge in [-0.25, -0.2) is 4.79 Å². The lowest BCUT2D eigenvalue weighted by Crippen LogP contribution is -2.48. The van der Waals surface area contributed by atoms with Crippen LogP contribution in [-0.4, -0.2) is 48.6 Å². The Hall–Kier alpha value is -1.26. The van der Waals surface area contributed by atoms with Crippen molar-refractivity contribution < 1.29 is 4.79 Å². The van der Waals surface area contributed by atoms with Gasteiger partial charge in [-0.1, -0.05) is 43.7 Å². The number of unbranched alkanes of at least 4 members (excludes halogenated alkanes) is 1. The minimum Gasteiger partial charge on any atom is -0.338 e. The second-order valence-corrected chi connectivity index (χ2v) is 6.19. The van der Waals surface area contributed by atoms with Crippen molar-refractivity contribution in [1.29, 1.82) is 0 Å². The standard InChI is InChI=1S/C18H29N3O.ClH/c1-3-4-12-19-18(22)20(2)17-10-13-21(14-11-17)15-16-8-6-5-7-9-16;/h5-9,17H,3-4,10-15H2,1-2H3,(H,19,22);1H. The zero-order chi connectivity index (χ0) is 15.8. The van der Waals surface area contributed by atoms with Crippen LogP contribution in [0.1, 0.15) is 38.2 Å². The molecule has 1 aromatic carbocycles. The highest BCUT2D eigenvalue weighted by molar-refractivity contribution is 5.85. The summed E-state index contributed by atoms with van der Waals surface area (Å²) in [6.07, 6.45) is 4.28. The van der Waals surface area contributed by atoms with Gasteiger partial charge in [0, 0.05) is 39.3 Å². The molecule has 1 aliphatic rings. The molecule has 1 aliphatic heterocycles. The van der Waals surface area contributed by atoms with E-state index in [2.05, 4.69) is 47.5 Å². The van der Waals surface area contributed by atoms with Crippen molar-refractivity contribution in [2.24, 2.45) is 0 Å². The van der Waals surface area contributed by atoms with Gasteiger partial charge in [-0.05, 0) is 24.8 Å². The van der Waals surface area contributed by atoms with E-state index in [1.165, 1.54) is 5.56 Å². The van der Waals surface area contributed by atoms with Gasteiger partial charge in [-0.15, -0.1) is 12.4 Å². The van der Waals surface area contributed by atoms with Gasteiger partial charge in [-0.2, -0.15) is 0 Å². The zero-order valence-electron chi connectivity index (χ0n) is 14.3. The van der Waals surface area contributed by atoms with E-state index in [0.717, 1.165) is 51.9 Å². The molecule has 0 aliphatic carbocycles. The molecule has 1 fully saturated rings. The predicted molar refractivity (Wildman–Crippen MR) is 98.1 cm³/mol. The number of rotatable bonds is 6. The second-order valence-electron chi connectivity index (χ2n) is 6.19. The largest absolute Gasteiger partial charge is 0.338 e. The Morgan fingerprint density at radius 2 is 1.91 bits per heavy atom. The van der Waals surface area contributed by atoms with Crippen molar-refractivity contribution in [2.45, 2.75) is 45.2 Å². The number of hydrogen-bond donors (Lipinski definition) is 1. The van der Waals surface area contributed by atoms with E-state index in [1.54, 1.807) is 0 Å². The number of nitrogens with zero attached hydrogens (tertiary/aromatic N) is 2. The van der Waals surface area contributed by atoms with Gasteiger partial charge in [0.15, 0.2) is 0 Å². The number of amides is 2. The van der Waals surface area contributed by atoms with Crippen LogP contribution in [0.25, 0.3) is 0 Å². The van der Waals surface area contributed by atoms with Gasteiger partial charge in [0.2, 0.25) is 0 Å². The summed E-state index contributed by atoms with van der Waals surface area (Å²) in [4.78, 5) is 16.5. The summed E-state index contributed by atoms with van der Waals surface area (Å²) in [7, 11) is 1.93. The Morgan fingerprint density at radius 3 is 2.52 bits per heavy atom. The third kappa shape index (κ3) is 6.40. The van der Waals surface area contributed by atoms with Crippen LogP contribution in [0.2, 0.25) is 0 Å². The number of benzene rings is 1. The summed E-state index contributed by atoms with van der Waals surface area (Å²) in [5, 5.41) is 3.01. The first-order chi connectivity index (χ1) is 10.7. The van der Waals surface area contributed by atoms with E-state index in [9.17, 15) is 4.79 Å². The Labute approximate surface area is 146 Å². The average Bonchev–Trinajstić information content (AvgIpc) is 2.56. The number of halogens is 1. The number of likely N-dealkylation sites (tertiary alicyclic amines) is 1. The van der Waals surface area contributed by atoms with Crippen molar-refractivity contribution in [2.75, 3.05) is 26.7 Å². The van der Waals surface area contributed by atoms with Gasteiger partial charge in [0.1, 0.15) is 0 Å². The number of nitrogens with one attached hydrogen (secondary N) is 1. The van der Waals surface area contributed by atoms with Crippen molar-refractivity contribution in [3.8, 4) is 0 Å². The summed E-state index contributed by atoms with van der Waals surface area (Å²) < 4.78 is 0. The molecule has 2 amide bonds. The van der Waals surface area contributed by atoms with Crippen LogP contribution in [0.4, 0.5) is 4.79 Å². The highest BCUT2D eigenvalue weighted by Gasteiger charge is 2.25. The topological polar surface area (TPSA) is 35.6 Å². The molecule has 23 heavy (non-hydrogen) atoms. The number of piperidine rings is 1. The quantitative estimate of drug-likeness (QED) is 0.805. The van der Waals surface area contributed by atoms with E-state index in [1.807, 2.05) is 11.9 Å². The fraction of sp³-hybridized carbons (Fsp3) is 0.611. The van der Waals surface area contributed by atoms with Gasteiger partial charge in [-0.3, -0.25) is 4.90 Å². The molecular weight excluding hydrogens is 310 g/mol. The third-order valence-electron chi connectivity index (χ3n) is 4.48. The van der Waals surface area contributed by atoms with Crippen molar-refractivity contribution in [3.63, 3.8) is 0 Å². The Morgan fingerprint density at radius 1 is 1.26 bits per heavy atom. The highest BCUT2D eigenvalue weighted by atomic mass is 35.5. The maximum absolute atomic E-state index is 12.1. The van der Waals surface area contributed by atoms with Gasteiger partial charge in [0.05, 0.1) is 0 Å². The lowest BCUT2D eigenvalue weighted by Gasteiger charge is -2.36. The lowest BCUT2D eigenvalue weighted by molar-refractivity contribution is 0.131. The Kier molecular flexibility index (Phi) is 9.03. The third-order valence-corrected chi connectivity index (χ3v) is 4.48. The molecule has 130 valence electrons. The molecule has 1 aromatic rings. The van der Waals surface area contributed by atoms with Gasteiger partial charge in [0.25, 0.3) is 0 Å². The predicted octanol–water partition coefficient (Wildman–Crippen LogP) is 3.51. The minimum absolute atomic E-state index is 0. The number of carbonyl (C=O) groups is 1. The fourth-order valence-electron chi connectivity index (χ4n) is 2.97. The SMILES string of the molecule is CCCCNC(=O)N(C)C1CCN(Cc2ccccc2)CC1.Cl. The fourth-order valence-corrected chi connectivity index (χ4v) is 2.97. The molecule has 2 rings (SSSR count). The molecule has 4 nitrogen and oxygen atoms in total. The maximum atomic E-state index is 12.1. The Bertz CT molecular complexity index is 447. The van der Waals surface area contributed by atoms with E-state index in [0.29, 0.717) is 6.04 Å². The van der Waals surface area contributed by atoms with Crippen LogP contribution in [0.15, 0.2) is 30.3 Å². The molecule has 0 radical (unpaired) electrons. The first-order valence-corrected chi connectivity index (χ1v) is 8.47. The number of carbonyl (C=O) groups excluding carboxylic acids is 1. The molecule has 0 saturated carbocycles. The normalized spacial score (nSPS) is 15.7. The molecule has 5 heteroatoms. The maximum Gasteiger partial charge on any atom is 0.317 e. The molecule has 1 saturated heterocycles. The van der Waals surface area contributed by atoms with Gasteiger partial charge >= 0.3 is 6.03 Å².